The molecule has 1 aromatic heterocycles. The molecule has 102 valence electrons. The monoisotopic (exact) mass is 336 g/mol. The molecule has 0 aliphatic heterocycles. The number of aromatic hydroxyl groups is 1. The summed E-state index contributed by atoms with van der Waals surface area (Å²) >= 11 is 3.22. The van der Waals surface area contributed by atoms with Crippen molar-refractivity contribution in [2.24, 2.45) is 0 Å². The van der Waals surface area contributed by atoms with Gasteiger partial charge in [0.05, 0.1) is 23.0 Å². The van der Waals surface area contributed by atoms with E-state index in [4.69, 9.17) is 5.11 Å². The molecule has 0 fully saturated rings. The first kappa shape index (κ1) is 14.0. The first-order valence-electron chi connectivity index (χ1n) is 5.45. The summed E-state index contributed by atoms with van der Waals surface area (Å²) in [6, 6.07) is 5.54. The number of carbonyl (C=O) groups excluding carboxylic acids is 1. The smallest absolute Gasteiger partial charge is 0.335 e. The van der Waals surface area contributed by atoms with E-state index in [-0.39, 0.29) is 16.9 Å². The maximum Gasteiger partial charge on any atom is 0.335 e. The lowest BCUT2D eigenvalue weighted by Crippen LogP contribution is -2.13. The maximum absolute atomic E-state index is 12.0. The van der Waals surface area contributed by atoms with E-state index in [0.717, 1.165) is 0 Å². The van der Waals surface area contributed by atoms with Gasteiger partial charge < -0.3 is 15.5 Å². The lowest BCUT2D eigenvalue weighted by molar-refractivity contribution is 0.0696. The van der Waals surface area contributed by atoms with Gasteiger partial charge in [-0.25, -0.2) is 4.79 Å². The predicted molar refractivity (Wildman–Crippen MR) is 75.0 cm³/mol. The van der Waals surface area contributed by atoms with Gasteiger partial charge in [-0.3, -0.25) is 9.78 Å². The van der Waals surface area contributed by atoms with Crippen LogP contribution in [0.3, 0.4) is 0 Å². The molecule has 2 rings (SSSR count). The van der Waals surface area contributed by atoms with Crippen molar-refractivity contribution in [2.45, 2.75) is 0 Å². The number of carbonyl (C=O) groups is 2. The van der Waals surface area contributed by atoms with Crippen LogP contribution in [0.2, 0.25) is 0 Å². The second-order valence-corrected chi connectivity index (χ2v) is 4.74. The van der Waals surface area contributed by atoms with Gasteiger partial charge in [-0.15, -0.1) is 0 Å². The molecule has 1 heterocycles. The highest BCUT2D eigenvalue weighted by atomic mass is 79.9. The van der Waals surface area contributed by atoms with Gasteiger partial charge in [0.25, 0.3) is 5.91 Å². The van der Waals surface area contributed by atoms with E-state index in [1.807, 2.05) is 0 Å². The second-order valence-electron chi connectivity index (χ2n) is 3.89. The molecule has 0 bridgehead atoms. The van der Waals surface area contributed by atoms with E-state index in [2.05, 4.69) is 26.2 Å². The number of hydrogen-bond acceptors (Lipinski definition) is 4. The highest BCUT2D eigenvalue weighted by Crippen LogP contribution is 2.24. The van der Waals surface area contributed by atoms with Gasteiger partial charge in [-0.05, 0) is 40.2 Å². The van der Waals surface area contributed by atoms with Crippen molar-refractivity contribution in [3.63, 3.8) is 0 Å². The molecule has 0 radical (unpaired) electrons. The van der Waals surface area contributed by atoms with Gasteiger partial charge in [0.1, 0.15) is 5.75 Å². The van der Waals surface area contributed by atoms with Crippen LogP contribution in [0.25, 0.3) is 0 Å². The van der Waals surface area contributed by atoms with E-state index in [9.17, 15) is 14.7 Å². The minimum Gasteiger partial charge on any atom is -0.506 e. The first-order chi connectivity index (χ1) is 9.47. The van der Waals surface area contributed by atoms with Crippen molar-refractivity contribution in [3.05, 3.63) is 52.3 Å². The highest BCUT2D eigenvalue weighted by Gasteiger charge is 2.12. The Hall–Kier alpha value is -2.41. The molecule has 20 heavy (non-hydrogen) atoms. The number of anilines is 1. The molecule has 0 unspecified atom stereocenters. The maximum atomic E-state index is 12.0. The Morgan fingerprint density at radius 3 is 2.55 bits per heavy atom. The summed E-state index contributed by atoms with van der Waals surface area (Å²) in [5, 5.41) is 20.7. The summed E-state index contributed by atoms with van der Waals surface area (Å²) in [6.45, 7) is 0. The molecule has 0 aliphatic rings. The normalized spacial score (nSPS) is 10.1. The van der Waals surface area contributed by atoms with Gasteiger partial charge in [-0.1, -0.05) is 0 Å². The molecule has 0 saturated heterocycles. The SMILES string of the molecule is O=C(O)c1ccc(Br)c(NC(=O)c2cncc(O)c2)c1. The van der Waals surface area contributed by atoms with Crippen LogP contribution in [0.1, 0.15) is 20.7 Å². The number of halogens is 1. The van der Waals surface area contributed by atoms with Crippen LogP contribution < -0.4 is 5.32 Å². The third kappa shape index (κ3) is 3.12. The van der Waals surface area contributed by atoms with Crippen LogP contribution in [0, 0.1) is 0 Å². The van der Waals surface area contributed by atoms with Crippen molar-refractivity contribution < 1.29 is 19.8 Å². The summed E-state index contributed by atoms with van der Waals surface area (Å²) in [4.78, 5) is 26.6. The minimum absolute atomic E-state index is 0.0533. The Morgan fingerprint density at radius 1 is 1.15 bits per heavy atom. The van der Waals surface area contributed by atoms with Gasteiger partial charge in [-0.2, -0.15) is 0 Å². The summed E-state index contributed by atoms with van der Waals surface area (Å²) in [5.41, 5.74) is 0.536. The van der Waals surface area contributed by atoms with Crippen molar-refractivity contribution in [1.82, 2.24) is 4.98 Å². The van der Waals surface area contributed by atoms with Crippen molar-refractivity contribution >= 4 is 33.5 Å². The number of carboxylic acids is 1. The van der Waals surface area contributed by atoms with Crippen LogP contribution in [-0.2, 0) is 0 Å². The zero-order valence-electron chi connectivity index (χ0n) is 10.0. The molecule has 1 amide bonds. The number of nitrogens with one attached hydrogen (secondary N) is 1. The first-order valence-corrected chi connectivity index (χ1v) is 6.25. The molecule has 7 heteroatoms. The summed E-state index contributed by atoms with van der Waals surface area (Å²) in [6.07, 6.45) is 2.50. The summed E-state index contributed by atoms with van der Waals surface area (Å²) in [5.74, 6) is -1.72. The fourth-order valence-electron chi connectivity index (χ4n) is 1.50. The van der Waals surface area contributed by atoms with Crippen LogP contribution in [0.5, 0.6) is 5.75 Å². The fourth-order valence-corrected chi connectivity index (χ4v) is 1.85. The second kappa shape index (κ2) is 5.70. The van der Waals surface area contributed by atoms with Crippen LogP contribution in [-0.4, -0.2) is 27.1 Å². The number of aromatic nitrogens is 1. The number of carboxylic acid groups (broad SMARTS) is 1. The number of rotatable bonds is 3. The Balaban J connectivity index is 2.27. The molecule has 1 aromatic carbocycles. The zero-order valence-corrected chi connectivity index (χ0v) is 11.6. The number of pyridine rings is 1. The van der Waals surface area contributed by atoms with E-state index in [1.165, 1.54) is 36.7 Å². The van der Waals surface area contributed by atoms with Crippen LogP contribution in [0.4, 0.5) is 5.69 Å². The Bertz CT molecular complexity index is 688. The van der Waals surface area contributed by atoms with E-state index >= 15 is 0 Å². The minimum atomic E-state index is -1.09. The number of hydrogen-bond donors (Lipinski definition) is 3. The molecule has 0 aliphatic carbocycles. The predicted octanol–water partition coefficient (Wildman–Crippen LogP) is 2.50. The molecule has 3 N–H and O–H groups in total. The average Bonchev–Trinajstić information content (AvgIpc) is 2.41. The molecule has 0 saturated carbocycles. The number of aromatic carboxylic acids is 1. The van der Waals surface area contributed by atoms with Gasteiger partial charge in [0.2, 0.25) is 0 Å². The molecule has 6 nitrogen and oxygen atoms in total. The van der Waals surface area contributed by atoms with Crippen LogP contribution >= 0.6 is 15.9 Å². The average molecular weight is 337 g/mol. The Labute approximate surface area is 122 Å². The van der Waals surface area contributed by atoms with Gasteiger partial charge in [0.15, 0.2) is 0 Å². The largest absolute Gasteiger partial charge is 0.506 e. The third-order valence-corrected chi connectivity index (χ3v) is 3.14. The summed E-state index contributed by atoms with van der Waals surface area (Å²) < 4.78 is 0.545. The number of amides is 1. The summed E-state index contributed by atoms with van der Waals surface area (Å²) in [7, 11) is 0. The van der Waals surface area contributed by atoms with Crippen molar-refractivity contribution in [3.8, 4) is 5.75 Å². The molecule has 0 atom stereocenters. The molecule has 0 spiro atoms. The lowest BCUT2D eigenvalue weighted by atomic mass is 10.2. The van der Waals surface area contributed by atoms with E-state index in [0.29, 0.717) is 10.2 Å². The highest BCUT2D eigenvalue weighted by molar-refractivity contribution is 9.10. The molecular weight excluding hydrogens is 328 g/mol. The number of benzene rings is 1. The molecule has 2 aromatic rings. The Morgan fingerprint density at radius 2 is 1.90 bits per heavy atom. The van der Waals surface area contributed by atoms with Gasteiger partial charge in [0, 0.05) is 10.7 Å². The van der Waals surface area contributed by atoms with E-state index < -0.39 is 11.9 Å². The lowest BCUT2D eigenvalue weighted by Gasteiger charge is -2.08. The van der Waals surface area contributed by atoms with E-state index in [1.54, 1.807) is 0 Å². The van der Waals surface area contributed by atoms with Gasteiger partial charge >= 0.3 is 5.97 Å². The Kier molecular flexibility index (Phi) is 3.99. The standard InChI is InChI=1S/C13H9BrN2O4/c14-10-2-1-7(13(19)20)4-11(10)16-12(18)8-3-9(17)6-15-5-8/h1-6,17H,(H,16,18)(H,19,20). The van der Waals surface area contributed by atoms with Crippen LogP contribution in [0.15, 0.2) is 41.1 Å². The molecular formula is C13H9BrN2O4. The fraction of sp³-hybridized carbons (Fsp3) is 0. The third-order valence-electron chi connectivity index (χ3n) is 2.45. The van der Waals surface area contributed by atoms with Crippen molar-refractivity contribution in [2.75, 3.05) is 5.32 Å². The number of nitrogens with zero attached hydrogens (tertiary/aromatic N) is 1. The van der Waals surface area contributed by atoms with Crippen molar-refractivity contribution in [1.29, 1.82) is 0 Å². The topological polar surface area (TPSA) is 99.5 Å². The quantitative estimate of drug-likeness (QED) is 0.799. The zero-order chi connectivity index (χ0) is 14.7.